The fraction of sp³-hybridized carbons (Fsp3) is 0.125. The number of carboxylic acid groups (broad SMARTS) is 1. The zero-order valence-corrected chi connectivity index (χ0v) is 13.1. The molecule has 0 unspecified atom stereocenters. The molecule has 0 saturated heterocycles. The van der Waals surface area contributed by atoms with Crippen LogP contribution < -0.4 is 10.6 Å². The second-order valence-corrected chi connectivity index (χ2v) is 5.28. The first kappa shape index (κ1) is 15.5. The number of nitrogens with one attached hydrogen (secondary N) is 2. The lowest BCUT2D eigenvalue weighted by molar-refractivity contribution is -0.114. The first-order valence-corrected chi connectivity index (χ1v) is 7.15. The molecule has 0 aliphatic carbocycles. The Bertz CT molecular complexity index is 948. The number of rotatable bonds is 3. The monoisotopic (exact) mass is 325 g/mol. The zero-order chi connectivity index (χ0) is 17.3. The van der Waals surface area contributed by atoms with E-state index < -0.39 is 6.09 Å². The molecule has 2 amide bonds. The minimum Gasteiger partial charge on any atom is -0.465 e. The Kier molecular flexibility index (Phi) is 3.87. The number of fused-ring (bicyclic) bond motifs is 1. The summed E-state index contributed by atoms with van der Waals surface area (Å²) in [5.74, 6) is 0.278. The highest BCUT2D eigenvalue weighted by atomic mass is 16.4. The molecule has 0 saturated carbocycles. The van der Waals surface area contributed by atoms with E-state index in [1.807, 2.05) is 18.3 Å². The molecule has 0 atom stereocenters. The van der Waals surface area contributed by atoms with Crippen LogP contribution in [0.1, 0.15) is 12.6 Å². The number of imidazole rings is 1. The Labute approximate surface area is 137 Å². The van der Waals surface area contributed by atoms with Gasteiger partial charge >= 0.3 is 6.09 Å². The standard InChI is InChI=1S/C16H15N5O3/c1-9-13(19-16(23)24)5-12(6-17-9)11-3-4-15-20-14(18-10(2)22)8-21(15)7-11/h3-8,19H,1-2H3,(H,18,22)(H,23,24). The summed E-state index contributed by atoms with van der Waals surface area (Å²) in [6, 6.07) is 5.39. The van der Waals surface area contributed by atoms with Gasteiger partial charge in [0, 0.05) is 30.4 Å². The summed E-state index contributed by atoms with van der Waals surface area (Å²) < 4.78 is 1.78. The highest BCUT2D eigenvalue weighted by molar-refractivity contribution is 5.88. The summed E-state index contributed by atoms with van der Waals surface area (Å²) >= 11 is 0. The van der Waals surface area contributed by atoms with Crippen molar-refractivity contribution in [3.05, 3.63) is 42.5 Å². The molecule has 0 radical (unpaired) electrons. The molecule has 8 nitrogen and oxygen atoms in total. The van der Waals surface area contributed by atoms with Crippen LogP contribution in [0, 0.1) is 6.92 Å². The lowest BCUT2D eigenvalue weighted by Gasteiger charge is -2.08. The van der Waals surface area contributed by atoms with Crippen molar-refractivity contribution in [2.45, 2.75) is 13.8 Å². The van der Waals surface area contributed by atoms with Gasteiger partial charge in [-0.3, -0.25) is 15.1 Å². The van der Waals surface area contributed by atoms with Crippen molar-refractivity contribution in [2.24, 2.45) is 0 Å². The third kappa shape index (κ3) is 3.17. The van der Waals surface area contributed by atoms with Crippen LogP contribution in [-0.4, -0.2) is 31.5 Å². The molecule has 8 heteroatoms. The van der Waals surface area contributed by atoms with E-state index in [9.17, 15) is 9.59 Å². The molecule has 24 heavy (non-hydrogen) atoms. The van der Waals surface area contributed by atoms with E-state index in [1.54, 1.807) is 29.8 Å². The van der Waals surface area contributed by atoms with Crippen LogP contribution in [0.2, 0.25) is 0 Å². The summed E-state index contributed by atoms with van der Waals surface area (Å²) in [7, 11) is 0. The molecule has 3 aromatic heterocycles. The first-order valence-electron chi connectivity index (χ1n) is 7.15. The SMILES string of the molecule is CC(=O)Nc1cn2cc(-c3cnc(C)c(NC(=O)O)c3)ccc2n1. The minimum atomic E-state index is -1.14. The molecule has 3 heterocycles. The van der Waals surface area contributed by atoms with Gasteiger partial charge in [0.05, 0.1) is 17.6 Å². The Hall–Kier alpha value is -3.42. The maximum absolute atomic E-state index is 11.1. The molecule has 0 aliphatic rings. The number of carbonyl (C=O) groups excluding carboxylic acids is 1. The van der Waals surface area contributed by atoms with Gasteiger partial charge < -0.3 is 14.8 Å². The van der Waals surface area contributed by atoms with Gasteiger partial charge in [-0.1, -0.05) is 0 Å². The quantitative estimate of drug-likeness (QED) is 0.686. The van der Waals surface area contributed by atoms with E-state index in [2.05, 4.69) is 20.6 Å². The number of nitrogens with zero attached hydrogens (tertiary/aromatic N) is 3. The molecular formula is C16H15N5O3. The van der Waals surface area contributed by atoms with E-state index in [0.29, 0.717) is 22.8 Å². The predicted octanol–water partition coefficient (Wildman–Crippen LogP) is 2.75. The van der Waals surface area contributed by atoms with Crippen LogP contribution in [0.15, 0.2) is 36.8 Å². The minimum absolute atomic E-state index is 0.189. The normalized spacial score (nSPS) is 10.6. The fourth-order valence-electron chi connectivity index (χ4n) is 2.34. The highest BCUT2D eigenvalue weighted by Gasteiger charge is 2.08. The summed E-state index contributed by atoms with van der Waals surface area (Å²) in [4.78, 5) is 30.5. The maximum atomic E-state index is 11.1. The van der Waals surface area contributed by atoms with Crippen molar-refractivity contribution in [1.82, 2.24) is 14.4 Å². The van der Waals surface area contributed by atoms with Crippen molar-refractivity contribution in [3.8, 4) is 11.1 Å². The van der Waals surface area contributed by atoms with E-state index in [1.165, 1.54) is 6.92 Å². The second kappa shape index (κ2) is 5.99. The average molecular weight is 325 g/mol. The van der Waals surface area contributed by atoms with Gasteiger partial charge in [0.25, 0.3) is 0 Å². The lowest BCUT2D eigenvalue weighted by Crippen LogP contribution is -2.09. The van der Waals surface area contributed by atoms with Gasteiger partial charge in [-0.05, 0) is 25.1 Å². The molecule has 122 valence electrons. The topological polar surface area (TPSA) is 109 Å². The number of anilines is 2. The molecular weight excluding hydrogens is 310 g/mol. The van der Waals surface area contributed by atoms with Crippen LogP contribution in [0.3, 0.4) is 0 Å². The molecule has 3 N–H and O–H groups in total. The van der Waals surface area contributed by atoms with Crippen LogP contribution >= 0.6 is 0 Å². The molecule has 0 bridgehead atoms. The summed E-state index contributed by atoms with van der Waals surface area (Å²) in [5.41, 5.74) is 3.32. The van der Waals surface area contributed by atoms with Gasteiger partial charge in [0.2, 0.25) is 5.91 Å². The van der Waals surface area contributed by atoms with Gasteiger partial charge in [0.15, 0.2) is 5.82 Å². The molecule has 0 aliphatic heterocycles. The number of hydrogen-bond acceptors (Lipinski definition) is 4. The van der Waals surface area contributed by atoms with Gasteiger partial charge in [-0.15, -0.1) is 0 Å². The lowest BCUT2D eigenvalue weighted by atomic mass is 10.1. The fourth-order valence-corrected chi connectivity index (χ4v) is 2.34. The average Bonchev–Trinajstić information content (AvgIpc) is 2.89. The number of carbonyl (C=O) groups is 2. The smallest absolute Gasteiger partial charge is 0.409 e. The van der Waals surface area contributed by atoms with Crippen molar-refractivity contribution < 1.29 is 14.7 Å². The van der Waals surface area contributed by atoms with Gasteiger partial charge in [-0.2, -0.15) is 0 Å². The molecule has 0 spiro atoms. The Morgan fingerprint density at radius 2 is 1.96 bits per heavy atom. The molecule has 3 rings (SSSR count). The maximum Gasteiger partial charge on any atom is 0.409 e. The van der Waals surface area contributed by atoms with Crippen LogP contribution in [0.5, 0.6) is 0 Å². The van der Waals surface area contributed by atoms with Gasteiger partial charge in [-0.25, -0.2) is 9.78 Å². The number of pyridine rings is 2. The van der Waals surface area contributed by atoms with Crippen LogP contribution in [0.4, 0.5) is 16.3 Å². The van der Waals surface area contributed by atoms with Crippen molar-refractivity contribution in [1.29, 1.82) is 0 Å². The van der Waals surface area contributed by atoms with E-state index in [-0.39, 0.29) is 5.91 Å². The zero-order valence-electron chi connectivity index (χ0n) is 13.1. The number of aromatic nitrogens is 3. The van der Waals surface area contributed by atoms with E-state index in [4.69, 9.17) is 5.11 Å². The number of amides is 2. The molecule has 3 aromatic rings. The van der Waals surface area contributed by atoms with Crippen molar-refractivity contribution >= 4 is 29.2 Å². The third-order valence-corrected chi connectivity index (χ3v) is 3.42. The van der Waals surface area contributed by atoms with Crippen LogP contribution in [-0.2, 0) is 4.79 Å². The summed E-state index contributed by atoms with van der Waals surface area (Å²) in [6.07, 6.45) is 4.08. The number of aryl methyl sites for hydroxylation is 1. The van der Waals surface area contributed by atoms with Crippen LogP contribution in [0.25, 0.3) is 16.8 Å². The number of hydrogen-bond donors (Lipinski definition) is 3. The second-order valence-electron chi connectivity index (χ2n) is 5.28. The Morgan fingerprint density at radius 3 is 2.67 bits per heavy atom. The third-order valence-electron chi connectivity index (χ3n) is 3.42. The van der Waals surface area contributed by atoms with Crippen molar-refractivity contribution in [2.75, 3.05) is 10.6 Å². The van der Waals surface area contributed by atoms with E-state index >= 15 is 0 Å². The molecule has 0 fully saturated rings. The van der Waals surface area contributed by atoms with Crippen molar-refractivity contribution in [3.63, 3.8) is 0 Å². The molecule has 0 aromatic carbocycles. The van der Waals surface area contributed by atoms with Gasteiger partial charge in [0.1, 0.15) is 5.65 Å². The summed E-state index contributed by atoms with van der Waals surface area (Å²) in [5, 5.41) is 13.8. The Balaban J connectivity index is 1.99. The Morgan fingerprint density at radius 1 is 1.17 bits per heavy atom. The first-order chi connectivity index (χ1) is 11.4. The summed E-state index contributed by atoms with van der Waals surface area (Å²) in [6.45, 7) is 3.15. The van der Waals surface area contributed by atoms with E-state index in [0.717, 1.165) is 11.1 Å². The predicted molar refractivity (Wildman–Crippen MR) is 89.1 cm³/mol. The largest absolute Gasteiger partial charge is 0.465 e. The highest BCUT2D eigenvalue weighted by Crippen LogP contribution is 2.24.